The molecule has 0 aromatic heterocycles. The number of hydrogen-bond acceptors (Lipinski definition) is 3. The summed E-state index contributed by atoms with van der Waals surface area (Å²) in [6, 6.07) is 7.90. The molecule has 16 heavy (non-hydrogen) atoms. The fourth-order valence-corrected chi connectivity index (χ4v) is 1.58. The van der Waals surface area contributed by atoms with E-state index in [0.29, 0.717) is 19.1 Å². The summed E-state index contributed by atoms with van der Waals surface area (Å²) < 4.78 is 6.01. The summed E-state index contributed by atoms with van der Waals surface area (Å²) in [6.45, 7) is 1.13. The number of methoxy groups -OCH3 is 1. The molecule has 0 unspecified atom stereocenters. The van der Waals surface area contributed by atoms with Crippen LogP contribution in [-0.4, -0.2) is 26.2 Å². The molecule has 0 aliphatic heterocycles. The molecule has 0 amide bonds. The highest BCUT2D eigenvalue weighted by Gasteiger charge is 2.00. The first-order valence-corrected chi connectivity index (χ1v) is 5.87. The highest BCUT2D eigenvalue weighted by atomic mass is 127. The quantitative estimate of drug-likeness (QED) is 0.193. The van der Waals surface area contributed by atoms with Gasteiger partial charge in [0, 0.05) is 10.7 Å². The molecular weight excluding hydrogens is 319 g/mol. The van der Waals surface area contributed by atoms with Crippen LogP contribution in [0.5, 0.6) is 0 Å². The Kier molecular flexibility index (Phi) is 6.12. The molecule has 0 radical (unpaired) electrons. The van der Waals surface area contributed by atoms with Crippen molar-refractivity contribution in [2.75, 3.05) is 25.6 Å². The summed E-state index contributed by atoms with van der Waals surface area (Å²) in [6.07, 6.45) is 0. The van der Waals surface area contributed by atoms with Crippen LogP contribution >= 0.6 is 22.6 Å². The highest BCUT2D eigenvalue weighted by Crippen LogP contribution is 2.16. The van der Waals surface area contributed by atoms with Crippen molar-refractivity contribution >= 4 is 34.2 Å². The first-order chi connectivity index (χ1) is 7.77. The lowest BCUT2D eigenvalue weighted by atomic mass is 10.3. The Bertz CT molecular complexity index is 356. The van der Waals surface area contributed by atoms with Crippen LogP contribution in [0.25, 0.3) is 0 Å². The first-order valence-electron chi connectivity index (χ1n) is 4.79. The van der Waals surface area contributed by atoms with Gasteiger partial charge >= 0.3 is 0 Å². The third-order valence-electron chi connectivity index (χ3n) is 1.83. The van der Waals surface area contributed by atoms with Gasteiger partial charge in [0.1, 0.15) is 0 Å². The molecule has 0 bridgehead atoms. The van der Waals surface area contributed by atoms with Gasteiger partial charge in [-0.15, -0.1) is 0 Å². The maximum atomic E-state index is 5.37. The number of guanidine groups is 1. The minimum atomic E-state index is 0.529. The summed E-state index contributed by atoms with van der Waals surface area (Å²) in [5.41, 5.74) is 3.49. The number of para-hydroxylation sites is 1. The van der Waals surface area contributed by atoms with Crippen LogP contribution in [-0.2, 0) is 4.74 Å². The molecule has 6 heteroatoms. The largest absolute Gasteiger partial charge is 0.383 e. The average Bonchev–Trinajstić information content (AvgIpc) is 2.30. The number of hydrazine groups is 1. The number of hydrogen-bond donors (Lipinski definition) is 3. The van der Waals surface area contributed by atoms with E-state index >= 15 is 0 Å². The Labute approximate surface area is 109 Å². The maximum Gasteiger partial charge on any atom is 0.210 e. The Balaban J connectivity index is 2.63. The second-order valence-corrected chi connectivity index (χ2v) is 4.13. The number of rotatable bonds is 4. The molecule has 0 spiro atoms. The van der Waals surface area contributed by atoms with Crippen molar-refractivity contribution in [2.24, 2.45) is 10.8 Å². The van der Waals surface area contributed by atoms with Crippen LogP contribution in [0.15, 0.2) is 29.3 Å². The predicted molar refractivity (Wildman–Crippen MR) is 74.3 cm³/mol. The molecular formula is C10H15IN4O. The normalized spacial score (nSPS) is 11.3. The van der Waals surface area contributed by atoms with Gasteiger partial charge in [-0.1, -0.05) is 12.1 Å². The lowest BCUT2D eigenvalue weighted by molar-refractivity contribution is 0.208. The molecule has 5 nitrogen and oxygen atoms in total. The minimum absolute atomic E-state index is 0.529. The molecule has 0 aliphatic rings. The maximum absolute atomic E-state index is 5.37. The molecule has 1 aromatic rings. The molecule has 1 aromatic carbocycles. The predicted octanol–water partition coefficient (Wildman–Crippen LogP) is 1.17. The fraction of sp³-hybridized carbons (Fsp3) is 0.300. The van der Waals surface area contributed by atoms with Gasteiger partial charge in [0.2, 0.25) is 5.96 Å². The van der Waals surface area contributed by atoms with E-state index in [2.05, 4.69) is 38.3 Å². The second-order valence-electron chi connectivity index (χ2n) is 2.97. The third-order valence-corrected chi connectivity index (χ3v) is 2.77. The van der Waals surface area contributed by atoms with E-state index in [1.54, 1.807) is 7.11 Å². The van der Waals surface area contributed by atoms with Crippen LogP contribution in [0.3, 0.4) is 0 Å². The molecule has 88 valence electrons. The summed E-state index contributed by atoms with van der Waals surface area (Å²) >= 11 is 2.24. The lowest BCUT2D eigenvalue weighted by Crippen LogP contribution is -2.36. The number of nitrogens with two attached hydrogens (primary N) is 1. The van der Waals surface area contributed by atoms with Crippen molar-refractivity contribution in [1.29, 1.82) is 0 Å². The molecule has 1 rings (SSSR count). The van der Waals surface area contributed by atoms with Crippen molar-refractivity contribution in [3.63, 3.8) is 0 Å². The zero-order valence-corrected chi connectivity index (χ0v) is 11.2. The number of anilines is 1. The number of benzene rings is 1. The summed E-state index contributed by atoms with van der Waals surface area (Å²) in [5.74, 6) is 5.90. The van der Waals surface area contributed by atoms with E-state index < -0.39 is 0 Å². The van der Waals surface area contributed by atoms with Crippen molar-refractivity contribution in [1.82, 2.24) is 5.43 Å². The van der Waals surface area contributed by atoms with Crippen molar-refractivity contribution in [2.45, 2.75) is 0 Å². The number of aliphatic imine (C=N–C) groups is 1. The van der Waals surface area contributed by atoms with E-state index in [4.69, 9.17) is 10.6 Å². The molecule has 0 saturated carbocycles. The van der Waals surface area contributed by atoms with Gasteiger partial charge in [0.05, 0.1) is 18.8 Å². The molecule has 0 fully saturated rings. The third kappa shape index (κ3) is 4.33. The first kappa shape index (κ1) is 13.2. The van der Waals surface area contributed by atoms with E-state index in [1.807, 2.05) is 24.3 Å². The van der Waals surface area contributed by atoms with Crippen LogP contribution in [0.1, 0.15) is 0 Å². The van der Waals surface area contributed by atoms with Gasteiger partial charge in [0.25, 0.3) is 0 Å². The molecule has 0 heterocycles. The monoisotopic (exact) mass is 334 g/mol. The van der Waals surface area contributed by atoms with Gasteiger partial charge in [-0.3, -0.25) is 5.43 Å². The van der Waals surface area contributed by atoms with E-state index in [1.165, 1.54) is 0 Å². The zero-order chi connectivity index (χ0) is 11.8. The smallest absolute Gasteiger partial charge is 0.210 e. The fourth-order valence-electron chi connectivity index (χ4n) is 1.06. The van der Waals surface area contributed by atoms with Crippen LogP contribution in [0.4, 0.5) is 5.69 Å². The molecule has 0 aliphatic carbocycles. The summed E-state index contributed by atoms with van der Waals surface area (Å²) in [7, 11) is 1.64. The topological polar surface area (TPSA) is 71.7 Å². The molecule has 0 atom stereocenters. The zero-order valence-electron chi connectivity index (χ0n) is 9.03. The Morgan fingerprint density at radius 3 is 2.88 bits per heavy atom. The second kappa shape index (κ2) is 7.42. The number of nitrogens with one attached hydrogen (secondary N) is 2. The van der Waals surface area contributed by atoms with Gasteiger partial charge in [-0.2, -0.15) is 0 Å². The Hall–Kier alpha value is -0.860. The number of halogens is 1. The molecule has 4 N–H and O–H groups in total. The number of ether oxygens (including phenoxy) is 1. The SMILES string of the molecule is COCCN=C(NN)Nc1ccccc1I. The molecule has 0 saturated heterocycles. The van der Waals surface area contributed by atoms with Crippen LogP contribution in [0, 0.1) is 3.57 Å². The van der Waals surface area contributed by atoms with Crippen LogP contribution in [0.2, 0.25) is 0 Å². The van der Waals surface area contributed by atoms with Gasteiger partial charge < -0.3 is 10.1 Å². The average molecular weight is 334 g/mol. The van der Waals surface area contributed by atoms with E-state index in [0.717, 1.165) is 9.26 Å². The van der Waals surface area contributed by atoms with Crippen molar-refractivity contribution in [3.8, 4) is 0 Å². The number of nitrogens with zero attached hydrogens (tertiary/aromatic N) is 1. The van der Waals surface area contributed by atoms with Crippen LogP contribution < -0.4 is 16.6 Å². The van der Waals surface area contributed by atoms with Crippen molar-refractivity contribution in [3.05, 3.63) is 27.8 Å². The van der Waals surface area contributed by atoms with Gasteiger partial charge in [-0.05, 0) is 34.7 Å². The van der Waals surface area contributed by atoms with E-state index in [9.17, 15) is 0 Å². The minimum Gasteiger partial charge on any atom is -0.383 e. The van der Waals surface area contributed by atoms with Crippen molar-refractivity contribution < 1.29 is 4.74 Å². The Morgan fingerprint density at radius 2 is 2.25 bits per heavy atom. The lowest BCUT2D eigenvalue weighted by Gasteiger charge is -2.10. The van der Waals surface area contributed by atoms with E-state index in [-0.39, 0.29) is 0 Å². The Morgan fingerprint density at radius 1 is 1.50 bits per heavy atom. The van der Waals surface area contributed by atoms with Gasteiger partial charge in [-0.25, -0.2) is 10.8 Å². The van der Waals surface area contributed by atoms with Gasteiger partial charge in [0.15, 0.2) is 0 Å². The summed E-state index contributed by atoms with van der Waals surface area (Å²) in [4.78, 5) is 4.21. The standard InChI is InChI=1S/C10H15IN4O/c1-16-7-6-13-10(15-12)14-9-5-3-2-4-8(9)11/h2-5H,6-7,12H2,1H3,(H2,13,14,15). The summed E-state index contributed by atoms with van der Waals surface area (Å²) in [5, 5.41) is 3.11. The highest BCUT2D eigenvalue weighted by molar-refractivity contribution is 14.1.